The van der Waals surface area contributed by atoms with E-state index in [4.69, 9.17) is 10.7 Å². The van der Waals surface area contributed by atoms with Gasteiger partial charge in [0.25, 0.3) is 9.24 Å². The van der Waals surface area contributed by atoms with Gasteiger partial charge in [0.2, 0.25) is 0 Å². The molecule has 0 aromatic heterocycles. The Bertz CT molecular complexity index is 217. The lowest BCUT2D eigenvalue weighted by Gasteiger charge is -2.08. The van der Waals surface area contributed by atoms with Crippen LogP contribution < -0.4 is 0 Å². The van der Waals surface area contributed by atoms with Gasteiger partial charge >= 0.3 is 0 Å². The smallest absolute Gasteiger partial charge is 0.195 e. The molecule has 0 saturated carbocycles. The average molecular weight is 202 g/mol. The van der Waals surface area contributed by atoms with E-state index < -0.39 is 9.24 Å². The zero-order valence-corrected chi connectivity index (χ0v) is 8.05. The number of nitrogens with zero attached hydrogens (tertiary/aromatic N) is 1. The van der Waals surface area contributed by atoms with Crippen molar-refractivity contribution < 1.29 is 8.42 Å². The Labute approximate surface area is 67.5 Å². The van der Waals surface area contributed by atoms with E-state index in [1.54, 1.807) is 0 Å². The summed E-state index contributed by atoms with van der Waals surface area (Å²) in [5.74, 6) is 0. The number of hydrogen-bond acceptors (Lipinski definition) is 2. The van der Waals surface area contributed by atoms with Crippen molar-refractivity contribution in [2.75, 3.05) is 13.1 Å². The van der Waals surface area contributed by atoms with E-state index in [1.165, 1.54) is 4.31 Å². The molecule has 0 aliphatic carbocycles. The zero-order chi connectivity index (χ0) is 7.78. The van der Waals surface area contributed by atoms with Gasteiger partial charge in [-0.1, -0.05) is 0 Å². The lowest BCUT2D eigenvalue weighted by Crippen LogP contribution is -2.24. The minimum Gasteiger partial charge on any atom is -0.195 e. The topological polar surface area (TPSA) is 37.4 Å². The second kappa shape index (κ2) is 2.94. The van der Waals surface area contributed by atoms with Gasteiger partial charge in [0, 0.05) is 23.8 Å². The van der Waals surface area contributed by atoms with Gasteiger partial charge in [-0.05, 0) is 12.1 Å². The molecule has 10 heavy (non-hydrogen) atoms. The van der Waals surface area contributed by atoms with Crippen LogP contribution in [0.3, 0.4) is 0 Å². The van der Waals surface area contributed by atoms with Crippen molar-refractivity contribution in [3.63, 3.8) is 0 Å². The summed E-state index contributed by atoms with van der Waals surface area (Å²) >= 11 is 0. The first kappa shape index (κ1) is 8.72. The highest BCUT2D eigenvalue weighted by molar-refractivity contribution is 8.11. The predicted molar refractivity (Wildman–Crippen MR) is 44.5 cm³/mol. The quantitative estimate of drug-likeness (QED) is 0.456. The lowest BCUT2D eigenvalue weighted by molar-refractivity contribution is 0.493. The van der Waals surface area contributed by atoms with E-state index in [2.05, 4.69) is 9.24 Å². The van der Waals surface area contributed by atoms with Gasteiger partial charge in [-0.25, -0.2) is 0 Å². The summed E-state index contributed by atoms with van der Waals surface area (Å²) in [6, 6.07) is 0. The molecule has 60 valence electrons. The zero-order valence-electron chi connectivity index (χ0n) is 5.33. The fourth-order valence-electron chi connectivity index (χ4n) is 0.952. The molecular formula is C4H9ClNO2PS. The highest BCUT2D eigenvalue weighted by Gasteiger charge is 2.27. The molecule has 0 aromatic rings. The maximum atomic E-state index is 10.7. The minimum absolute atomic E-state index is 0.369. The molecule has 1 aliphatic heterocycles. The summed E-state index contributed by atoms with van der Waals surface area (Å²) in [6.45, 7) is 1.09. The molecule has 2 unspecified atom stereocenters. The molecule has 0 aromatic carbocycles. The first-order chi connectivity index (χ1) is 4.50. The minimum atomic E-state index is -3.44. The van der Waals surface area contributed by atoms with Crippen molar-refractivity contribution >= 4 is 29.2 Å². The molecule has 6 heteroatoms. The Balaban J connectivity index is 2.62. The summed E-state index contributed by atoms with van der Waals surface area (Å²) < 4.78 is 22.6. The first-order valence-electron chi connectivity index (χ1n) is 2.95. The third-order valence-electron chi connectivity index (χ3n) is 1.50. The van der Waals surface area contributed by atoms with Crippen molar-refractivity contribution in [2.24, 2.45) is 0 Å². The number of halogens is 1. The number of hydrogen-bond donors (Lipinski definition) is 0. The van der Waals surface area contributed by atoms with Crippen LogP contribution in [0.2, 0.25) is 0 Å². The molecule has 1 aliphatic rings. The summed E-state index contributed by atoms with van der Waals surface area (Å²) in [7, 11) is 4.24. The van der Waals surface area contributed by atoms with Gasteiger partial charge in [-0.2, -0.15) is 12.7 Å². The largest absolute Gasteiger partial charge is 0.299 e. The van der Waals surface area contributed by atoms with Crippen molar-refractivity contribution in [3.05, 3.63) is 0 Å². The van der Waals surface area contributed by atoms with Gasteiger partial charge in [0.1, 0.15) is 0 Å². The fourth-order valence-corrected chi connectivity index (χ4v) is 2.58. The molecule has 1 heterocycles. The predicted octanol–water partition coefficient (Wildman–Crippen LogP) is 0.419. The van der Waals surface area contributed by atoms with E-state index in [1.807, 2.05) is 0 Å². The Hall–Kier alpha value is 0.630. The maximum absolute atomic E-state index is 10.7. The molecule has 2 atom stereocenters. The normalized spacial score (nSPS) is 29.2. The highest BCUT2D eigenvalue weighted by atomic mass is 35.7. The van der Waals surface area contributed by atoms with Gasteiger partial charge in [-0.15, -0.1) is 9.24 Å². The summed E-state index contributed by atoms with van der Waals surface area (Å²) in [4.78, 5) is 0. The third-order valence-corrected chi connectivity index (χ3v) is 3.57. The van der Waals surface area contributed by atoms with Crippen LogP contribution in [-0.4, -0.2) is 31.5 Å². The Morgan fingerprint density at radius 1 is 1.60 bits per heavy atom. The Kier molecular flexibility index (Phi) is 2.56. The highest BCUT2D eigenvalue weighted by Crippen LogP contribution is 2.21. The molecule has 0 N–H and O–H groups in total. The molecule has 0 amide bonds. The second-order valence-electron chi connectivity index (χ2n) is 2.35. The van der Waals surface area contributed by atoms with Crippen LogP contribution >= 0.6 is 19.9 Å². The van der Waals surface area contributed by atoms with Gasteiger partial charge in [-0.3, -0.25) is 0 Å². The third kappa shape index (κ3) is 2.06. The van der Waals surface area contributed by atoms with Crippen LogP contribution in [0.25, 0.3) is 0 Å². The van der Waals surface area contributed by atoms with E-state index in [9.17, 15) is 8.42 Å². The summed E-state index contributed by atoms with van der Waals surface area (Å²) in [5.41, 5.74) is 0.369. The van der Waals surface area contributed by atoms with E-state index in [0.29, 0.717) is 18.7 Å². The van der Waals surface area contributed by atoms with E-state index >= 15 is 0 Å². The molecule has 0 radical (unpaired) electrons. The number of rotatable bonds is 1. The van der Waals surface area contributed by atoms with E-state index in [-0.39, 0.29) is 0 Å². The molecule has 1 saturated heterocycles. The average Bonchev–Trinajstić information content (AvgIpc) is 2.11. The van der Waals surface area contributed by atoms with E-state index in [0.717, 1.165) is 6.42 Å². The van der Waals surface area contributed by atoms with Crippen LogP contribution in [0.1, 0.15) is 6.42 Å². The SMILES string of the molecule is O=S(=O)(Cl)N1CCC(P)C1. The maximum Gasteiger partial charge on any atom is 0.299 e. The summed E-state index contributed by atoms with van der Waals surface area (Å²) in [5, 5.41) is 0. The molecule has 0 spiro atoms. The Morgan fingerprint density at radius 3 is 2.40 bits per heavy atom. The standard InChI is InChI=1S/C4H9ClNO2PS/c5-10(7,8)6-2-1-4(9)3-6/h4H,1-3,9H2. The summed E-state index contributed by atoms with van der Waals surface area (Å²) in [6.07, 6.45) is 0.886. The van der Waals surface area contributed by atoms with Crippen molar-refractivity contribution in [3.8, 4) is 0 Å². The van der Waals surface area contributed by atoms with Crippen LogP contribution in [0.4, 0.5) is 0 Å². The van der Waals surface area contributed by atoms with Gasteiger partial charge < -0.3 is 0 Å². The first-order valence-corrected chi connectivity index (χ1v) is 5.89. The second-order valence-corrected chi connectivity index (χ2v) is 5.80. The lowest BCUT2D eigenvalue weighted by atomic mass is 10.4. The van der Waals surface area contributed by atoms with Crippen molar-refractivity contribution in [1.82, 2.24) is 4.31 Å². The molecular weight excluding hydrogens is 193 g/mol. The van der Waals surface area contributed by atoms with Crippen LogP contribution in [-0.2, 0) is 9.24 Å². The van der Waals surface area contributed by atoms with Crippen molar-refractivity contribution in [1.29, 1.82) is 0 Å². The van der Waals surface area contributed by atoms with Crippen molar-refractivity contribution in [2.45, 2.75) is 12.1 Å². The molecule has 0 bridgehead atoms. The van der Waals surface area contributed by atoms with Crippen LogP contribution in [0.15, 0.2) is 0 Å². The molecule has 3 nitrogen and oxygen atoms in total. The van der Waals surface area contributed by atoms with Gasteiger partial charge in [0.15, 0.2) is 0 Å². The fraction of sp³-hybridized carbons (Fsp3) is 1.00. The molecule has 1 fully saturated rings. The van der Waals surface area contributed by atoms with Gasteiger partial charge in [0.05, 0.1) is 0 Å². The monoisotopic (exact) mass is 201 g/mol. The molecule has 1 rings (SSSR count). The van der Waals surface area contributed by atoms with Crippen LogP contribution in [0.5, 0.6) is 0 Å². The van der Waals surface area contributed by atoms with Crippen LogP contribution in [0, 0.1) is 0 Å². The Morgan fingerprint density at radius 2 is 2.20 bits per heavy atom.